The maximum Gasteiger partial charge on any atom is 0.246 e. The first-order valence-electron chi connectivity index (χ1n) is 20.3. The average Bonchev–Trinajstić information content (AvgIpc) is 4.03. The topological polar surface area (TPSA) is 148 Å². The van der Waals surface area contributed by atoms with Gasteiger partial charge in [-0.05, 0) is 77.8 Å². The minimum absolute atomic E-state index is 0.196. The van der Waals surface area contributed by atoms with E-state index in [0.717, 1.165) is 53.6 Å². The second-order valence-corrected chi connectivity index (χ2v) is 17.9. The molecule has 2 unspecified atom stereocenters. The number of anilines is 1. The van der Waals surface area contributed by atoms with Crippen LogP contribution < -0.4 is 16.0 Å². The third kappa shape index (κ3) is 11.2. The van der Waals surface area contributed by atoms with Gasteiger partial charge in [0.05, 0.1) is 46.1 Å². The highest BCUT2D eigenvalue weighted by molar-refractivity contribution is 7.21. The molecule has 318 valence electrons. The number of hydrogen-bond donors (Lipinski definition) is 3. The Morgan fingerprint density at radius 2 is 1.66 bits per heavy atom. The second-order valence-electron chi connectivity index (χ2n) is 16.0. The quantitative estimate of drug-likeness (QED) is 0.0780. The van der Waals surface area contributed by atoms with Gasteiger partial charge < -0.3 is 30.3 Å². The molecule has 3 N–H and O–H groups in total. The Morgan fingerprint density at radius 1 is 0.902 bits per heavy atom. The van der Waals surface area contributed by atoms with Gasteiger partial charge in [0.25, 0.3) is 0 Å². The molecule has 3 aromatic heterocycles. The fourth-order valence-corrected chi connectivity index (χ4v) is 8.96. The Hall–Kier alpha value is -5.61. The summed E-state index contributed by atoms with van der Waals surface area (Å²) in [6, 6.07) is 23.2. The molecule has 3 aromatic carbocycles. The van der Waals surface area contributed by atoms with Crippen molar-refractivity contribution in [2.45, 2.75) is 59.2 Å². The summed E-state index contributed by atoms with van der Waals surface area (Å²) in [6.45, 7) is 9.60. The standard InChI is InChI=1S/C46H50FN7O5S2/c1-29-41(60-28-51-29)32-9-7-30(8-10-32)26-50-43(56)37-6-5-20-54(37)45(57)42(46(2,3)4)53-40(55)27-59-23-22-58-21-19-49-39-24-34(17-18-48-39)31-11-13-33(14-12-31)44-52-36-16-15-35(47)25-38(36)61-44/h7-18,24-25,28,37,42H,5-6,19-23,26-27H2,1-4H3,(H,48,49)(H,50,56)(H,53,55). The van der Waals surface area contributed by atoms with E-state index in [1.54, 1.807) is 28.5 Å². The number of rotatable bonds is 17. The number of pyridine rings is 1. The summed E-state index contributed by atoms with van der Waals surface area (Å²) < 4.78 is 25.8. The number of halogens is 1. The number of amides is 3. The first-order chi connectivity index (χ1) is 29.4. The molecule has 6 aromatic rings. The van der Waals surface area contributed by atoms with Crippen LogP contribution in [-0.4, -0.2) is 89.2 Å². The number of aryl methyl sites for hydroxylation is 1. The molecule has 0 aliphatic carbocycles. The third-order valence-electron chi connectivity index (χ3n) is 10.4. The third-order valence-corrected chi connectivity index (χ3v) is 12.5. The van der Waals surface area contributed by atoms with E-state index in [0.29, 0.717) is 44.9 Å². The van der Waals surface area contributed by atoms with Crippen LogP contribution in [0.15, 0.2) is 90.6 Å². The number of nitrogens with one attached hydrogen (secondary N) is 3. The number of carbonyl (C=O) groups is 3. The van der Waals surface area contributed by atoms with E-state index in [1.807, 2.05) is 93.9 Å². The zero-order chi connectivity index (χ0) is 42.9. The van der Waals surface area contributed by atoms with Crippen molar-refractivity contribution in [3.8, 4) is 32.1 Å². The molecule has 1 aliphatic rings. The lowest BCUT2D eigenvalue weighted by atomic mass is 9.85. The molecular formula is C46H50FN7O5S2. The summed E-state index contributed by atoms with van der Waals surface area (Å²) >= 11 is 3.06. The van der Waals surface area contributed by atoms with E-state index in [2.05, 4.69) is 30.9 Å². The van der Waals surface area contributed by atoms with Crippen LogP contribution in [0.5, 0.6) is 0 Å². The Kier molecular flexibility index (Phi) is 14.1. The minimum Gasteiger partial charge on any atom is -0.377 e. The molecule has 7 rings (SSSR count). The smallest absolute Gasteiger partial charge is 0.246 e. The molecule has 1 aliphatic heterocycles. The van der Waals surface area contributed by atoms with E-state index in [-0.39, 0.29) is 37.5 Å². The van der Waals surface area contributed by atoms with Gasteiger partial charge in [0.15, 0.2) is 0 Å². The van der Waals surface area contributed by atoms with E-state index >= 15 is 0 Å². The van der Waals surface area contributed by atoms with Gasteiger partial charge in [-0.3, -0.25) is 14.4 Å². The van der Waals surface area contributed by atoms with Crippen molar-refractivity contribution < 1.29 is 28.2 Å². The summed E-state index contributed by atoms with van der Waals surface area (Å²) in [4.78, 5) is 56.4. The summed E-state index contributed by atoms with van der Waals surface area (Å²) in [5.74, 6) is -0.466. The molecule has 0 radical (unpaired) electrons. The van der Waals surface area contributed by atoms with Gasteiger partial charge in [-0.25, -0.2) is 19.3 Å². The number of fused-ring (bicyclic) bond motifs is 1. The van der Waals surface area contributed by atoms with Gasteiger partial charge >= 0.3 is 0 Å². The van der Waals surface area contributed by atoms with Crippen LogP contribution in [0, 0.1) is 18.2 Å². The number of benzene rings is 3. The lowest BCUT2D eigenvalue weighted by Crippen LogP contribution is -2.58. The number of thiazole rings is 2. The fourth-order valence-electron chi connectivity index (χ4n) is 7.15. The number of aromatic nitrogens is 3. The number of carbonyl (C=O) groups excluding carboxylic acids is 3. The van der Waals surface area contributed by atoms with E-state index in [1.165, 1.54) is 23.5 Å². The van der Waals surface area contributed by atoms with Gasteiger partial charge in [-0.2, -0.15) is 0 Å². The fraction of sp³-hybridized carbons (Fsp3) is 0.348. The van der Waals surface area contributed by atoms with Crippen LogP contribution in [0.4, 0.5) is 10.2 Å². The van der Waals surface area contributed by atoms with Crippen molar-refractivity contribution >= 4 is 56.4 Å². The average molecular weight is 864 g/mol. The van der Waals surface area contributed by atoms with Crippen LogP contribution >= 0.6 is 22.7 Å². The highest BCUT2D eigenvalue weighted by Crippen LogP contribution is 2.33. The van der Waals surface area contributed by atoms with E-state index in [9.17, 15) is 18.8 Å². The molecule has 61 heavy (non-hydrogen) atoms. The van der Waals surface area contributed by atoms with Crippen molar-refractivity contribution in [1.82, 2.24) is 30.5 Å². The minimum atomic E-state index is -0.841. The number of ether oxygens (including phenoxy) is 2. The lowest BCUT2D eigenvalue weighted by molar-refractivity contribution is -0.144. The van der Waals surface area contributed by atoms with Crippen molar-refractivity contribution in [2.24, 2.45) is 5.41 Å². The molecule has 0 bridgehead atoms. The lowest BCUT2D eigenvalue weighted by Gasteiger charge is -2.35. The van der Waals surface area contributed by atoms with Crippen LogP contribution in [-0.2, 0) is 30.4 Å². The first kappa shape index (κ1) is 43.5. The Balaban J connectivity index is 0.804. The molecule has 15 heteroatoms. The SMILES string of the molecule is Cc1ncsc1-c1ccc(CNC(=O)C2CCCN2C(=O)C(NC(=O)COCCOCCNc2cc(-c3ccc(-c4nc5ccc(F)cc5s4)cc3)ccn2)C(C)(C)C)cc1. The van der Waals surface area contributed by atoms with Crippen LogP contribution in [0.2, 0.25) is 0 Å². The van der Waals surface area contributed by atoms with Crippen molar-refractivity contribution in [2.75, 3.05) is 44.8 Å². The molecule has 0 spiro atoms. The summed E-state index contributed by atoms with van der Waals surface area (Å²) in [5.41, 5.74) is 8.03. The van der Waals surface area contributed by atoms with Gasteiger partial charge in [-0.1, -0.05) is 69.3 Å². The zero-order valence-corrected chi connectivity index (χ0v) is 36.3. The van der Waals surface area contributed by atoms with E-state index < -0.39 is 23.4 Å². The van der Waals surface area contributed by atoms with Crippen molar-refractivity contribution in [1.29, 1.82) is 0 Å². The monoisotopic (exact) mass is 863 g/mol. The van der Waals surface area contributed by atoms with Crippen LogP contribution in [0.3, 0.4) is 0 Å². The largest absolute Gasteiger partial charge is 0.377 e. The zero-order valence-electron chi connectivity index (χ0n) is 34.7. The Labute approximate surface area is 362 Å². The molecule has 12 nitrogen and oxygen atoms in total. The maximum absolute atomic E-state index is 13.9. The highest BCUT2D eigenvalue weighted by Gasteiger charge is 2.41. The first-order valence-corrected chi connectivity index (χ1v) is 22.0. The predicted molar refractivity (Wildman–Crippen MR) is 239 cm³/mol. The molecule has 1 saturated heterocycles. The Morgan fingerprint density at radius 3 is 2.41 bits per heavy atom. The maximum atomic E-state index is 13.9. The predicted octanol–water partition coefficient (Wildman–Crippen LogP) is 7.88. The van der Waals surface area contributed by atoms with Crippen LogP contribution in [0.25, 0.3) is 42.4 Å². The van der Waals surface area contributed by atoms with Crippen molar-refractivity contribution in [3.05, 3.63) is 108 Å². The Bertz CT molecular complexity index is 2450. The molecule has 2 atom stereocenters. The normalized spacial score (nSPS) is 14.6. The number of nitrogens with zero attached hydrogens (tertiary/aromatic N) is 4. The van der Waals surface area contributed by atoms with Crippen LogP contribution in [0.1, 0.15) is 44.9 Å². The summed E-state index contributed by atoms with van der Waals surface area (Å²) in [5, 5.41) is 10.0. The van der Waals surface area contributed by atoms with Gasteiger partial charge in [0, 0.05) is 31.4 Å². The summed E-state index contributed by atoms with van der Waals surface area (Å²) in [7, 11) is 0. The molecule has 4 heterocycles. The van der Waals surface area contributed by atoms with Gasteiger partial charge in [0.1, 0.15) is 35.3 Å². The van der Waals surface area contributed by atoms with Crippen molar-refractivity contribution in [3.63, 3.8) is 0 Å². The molecule has 3 amide bonds. The highest BCUT2D eigenvalue weighted by atomic mass is 32.1. The molecule has 0 saturated carbocycles. The van der Waals surface area contributed by atoms with E-state index in [4.69, 9.17) is 9.47 Å². The molecule has 1 fully saturated rings. The molecular weight excluding hydrogens is 814 g/mol. The number of hydrogen-bond acceptors (Lipinski definition) is 11. The van der Waals surface area contributed by atoms with Gasteiger partial charge in [0.2, 0.25) is 17.7 Å². The summed E-state index contributed by atoms with van der Waals surface area (Å²) in [6.07, 6.45) is 3.01. The van der Waals surface area contributed by atoms with Gasteiger partial charge in [-0.15, -0.1) is 22.7 Å². The number of likely N-dealkylation sites (tertiary alicyclic amines) is 1. The second kappa shape index (κ2) is 19.8.